The molecule has 132 valence electrons. The Morgan fingerprint density at radius 3 is 2.67 bits per heavy atom. The molecule has 0 spiro atoms. The highest BCUT2D eigenvalue weighted by molar-refractivity contribution is 7.99. The van der Waals surface area contributed by atoms with E-state index in [9.17, 15) is 9.59 Å². The Bertz CT molecular complexity index is 634. The van der Waals surface area contributed by atoms with Crippen molar-refractivity contribution in [3.05, 3.63) is 28.2 Å². The molecule has 2 rings (SSSR count). The number of rotatable bonds is 4. The van der Waals surface area contributed by atoms with Crippen molar-refractivity contribution in [1.29, 1.82) is 0 Å². The Morgan fingerprint density at radius 2 is 2.04 bits per heavy atom. The molecular weight excluding hydrogens is 371 g/mol. The number of thioether (sulfide) groups is 1. The minimum atomic E-state index is -0.473. The fraction of sp³-hybridized carbons (Fsp3) is 0.500. The highest BCUT2D eigenvalue weighted by Gasteiger charge is 2.35. The number of amides is 2. The van der Waals surface area contributed by atoms with Crippen LogP contribution >= 0.6 is 35.0 Å². The zero-order chi connectivity index (χ0) is 17.9. The Balaban J connectivity index is 1.95. The van der Waals surface area contributed by atoms with E-state index in [0.29, 0.717) is 27.4 Å². The van der Waals surface area contributed by atoms with Crippen LogP contribution in [0.4, 0.5) is 0 Å². The average Bonchev–Trinajstić information content (AvgIpc) is 2.96. The van der Waals surface area contributed by atoms with E-state index < -0.39 is 6.04 Å². The van der Waals surface area contributed by atoms with Gasteiger partial charge in [0.05, 0.1) is 15.9 Å². The van der Waals surface area contributed by atoms with E-state index in [-0.39, 0.29) is 24.0 Å². The van der Waals surface area contributed by atoms with Crippen LogP contribution in [-0.4, -0.2) is 46.5 Å². The van der Waals surface area contributed by atoms with Crippen molar-refractivity contribution >= 4 is 46.8 Å². The topological polar surface area (TPSA) is 58.6 Å². The zero-order valence-corrected chi connectivity index (χ0v) is 16.1. The summed E-state index contributed by atoms with van der Waals surface area (Å²) >= 11 is 13.3. The minimum Gasteiger partial charge on any atom is -0.484 e. The van der Waals surface area contributed by atoms with Crippen LogP contribution in [0.2, 0.25) is 10.0 Å². The van der Waals surface area contributed by atoms with E-state index in [1.807, 2.05) is 20.8 Å². The second kappa shape index (κ2) is 7.85. The van der Waals surface area contributed by atoms with Gasteiger partial charge in [0.15, 0.2) is 6.61 Å². The average molecular weight is 391 g/mol. The van der Waals surface area contributed by atoms with Gasteiger partial charge in [0.25, 0.3) is 5.91 Å². The number of carbonyl (C=O) groups excluding carboxylic acids is 2. The largest absolute Gasteiger partial charge is 0.484 e. The summed E-state index contributed by atoms with van der Waals surface area (Å²) < 4.78 is 5.47. The lowest BCUT2D eigenvalue weighted by Gasteiger charge is -2.27. The summed E-state index contributed by atoms with van der Waals surface area (Å²) in [4.78, 5) is 26.3. The first kappa shape index (κ1) is 19.2. The summed E-state index contributed by atoms with van der Waals surface area (Å²) in [5, 5.41) is 3.70. The molecule has 24 heavy (non-hydrogen) atoms. The fourth-order valence-corrected chi connectivity index (χ4v) is 3.62. The highest BCUT2D eigenvalue weighted by atomic mass is 35.5. The van der Waals surface area contributed by atoms with E-state index in [1.54, 1.807) is 34.9 Å². The van der Waals surface area contributed by atoms with Crippen molar-refractivity contribution in [3.8, 4) is 5.75 Å². The second-order valence-corrected chi connectivity index (χ2v) is 8.30. The maximum absolute atomic E-state index is 12.4. The van der Waals surface area contributed by atoms with Crippen molar-refractivity contribution in [2.45, 2.75) is 32.4 Å². The fourth-order valence-electron chi connectivity index (χ4n) is 2.15. The molecule has 8 heteroatoms. The van der Waals surface area contributed by atoms with Gasteiger partial charge in [-0.1, -0.05) is 23.2 Å². The Morgan fingerprint density at radius 1 is 1.33 bits per heavy atom. The first-order chi connectivity index (χ1) is 11.2. The molecule has 1 saturated heterocycles. The Labute approximate surface area is 156 Å². The number of halogens is 2. The minimum absolute atomic E-state index is 0.143. The normalized spacial score (nSPS) is 17.7. The number of ether oxygens (including phenoxy) is 1. The molecule has 1 fully saturated rings. The number of nitrogens with one attached hydrogen (secondary N) is 1. The Kier molecular flexibility index (Phi) is 6.28. The molecule has 1 aliphatic heterocycles. The standard InChI is InChI=1S/C16H20Cl2N2O3S/c1-16(2,3)19-15(22)13-8-24-9-20(13)14(21)7-23-10-4-5-11(17)12(18)6-10/h4-6,13H,7-9H2,1-3H3,(H,19,22). The van der Waals surface area contributed by atoms with Gasteiger partial charge in [0.2, 0.25) is 5.91 Å². The van der Waals surface area contributed by atoms with Crippen molar-refractivity contribution in [3.63, 3.8) is 0 Å². The molecule has 1 aromatic carbocycles. The predicted octanol–water partition coefficient (Wildman–Crippen LogP) is 3.19. The summed E-state index contributed by atoms with van der Waals surface area (Å²) in [6.07, 6.45) is 0. The lowest BCUT2D eigenvalue weighted by Crippen LogP contribution is -2.53. The summed E-state index contributed by atoms with van der Waals surface area (Å²) in [5.41, 5.74) is -0.338. The molecule has 1 atom stereocenters. The molecule has 2 amide bonds. The molecular formula is C16H20Cl2N2O3S. The van der Waals surface area contributed by atoms with Gasteiger partial charge in [0.1, 0.15) is 11.8 Å². The number of hydrogen-bond acceptors (Lipinski definition) is 4. The van der Waals surface area contributed by atoms with Crippen molar-refractivity contribution < 1.29 is 14.3 Å². The van der Waals surface area contributed by atoms with Gasteiger partial charge in [-0.3, -0.25) is 9.59 Å². The molecule has 0 bridgehead atoms. The van der Waals surface area contributed by atoms with Crippen LogP contribution in [0.15, 0.2) is 18.2 Å². The van der Waals surface area contributed by atoms with E-state index in [1.165, 1.54) is 0 Å². The number of benzene rings is 1. The van der Waals surface area contributed by atoms with Gasteiger partial charge in [-0.15, -0.1) is 11.8 Å². The van der Waals surface area contributed by atoms with E-state index >= 15 is 0 Å². The third kappa shape index (κ3) is 5.19. The van der Waals surface area contributed by atoms with Gasteiger partial charge < -0.3 is 15.0 Å². The predicted molar refractivity (Wildman–Crippen MR) is 97.8 cm³/mol. The smallest absolute Gasteiger partial charge is 0.261 e. The van der Waals surface area contributed by atoms with Crippen molar-refractivity contribution in [2.75, 3.05) is 18.2 Å². The zero-order valence-electron chi connectivity index (χ0n) is 13.8. The maximum Gasteiger partial charge on any atom is 0.261 e. The van der Waals surface area contributed by atoms with Gasteiger partial charge >= 0.3 is 0 Å². The summed E-state index contributed by atoms with van der Waals surface area (Å²) in [7, 11) is 0. The van der Waals surface area contributed by atoms with Crippen LogP contribution in [0.3, 0.4) is 0 Å². The number of nitrogens with zero attached hydrogens (tertiary/aromatic N) is 1. The van der Waals surface area contributed by atoms with Crippen LogP contribution in [0.25, 0.3) is 0 Å². The van der Waals surface area contributed by atoms with E-state index in [0.717, 1.165) is 0 Å². The Hall–Kier alpha value is -1.11. The van der Waals surface area contributed by atoms with Gasteiger partial charge in [-0.25, -0.2) is 0 Å². The monoisotopic (exact) mass is 390 g/mol. The third-order valence-electron chi connectivity index (χ3n) is 3.26. The van der Waals surface area contributed by atoms with Crippen LogP contribution in [0, 0.1) is 0 Å². The first-order valence-electron chi connectivity index (χ1n) is 7.44. The number of hydrogen-bond donors (Lipinski definition) is 1. The van der Waals surface area contributed by atoms with E-state index in [4.69, 9.17) is 27.9 Å². The maximum atomic E-state index is 12.4. The summed E-state index contributed by atoms with van der Waals surface area (Å²) in [6, 6.07) is 4.33. The van der Waals surface area contributed by atoms with Crippen LogP contribution in [0.1, 0.15) is 20.8 Å². The van der Waals surface area contributed by atoms with Crippen LogP contribution < -0.4 is 10.1 Å². The summed E-state index contributed by atoms with van der Waals surface area (Å²) in [6.45, 7) is 5.57. The van der Waals surface area contributed by atoms with Gasteiger partial charge in [-0.05, 0) is 32.9 Å². The van der Waals surface area contributed by atoms with Crippen LogP contribution in [-0.2, 0) is 9.59 Å². The molecule has 0 saturated carbocycles. The molecule has 1 heterocycles. The lowest BCUT2D eigenvalue weighted by atomic mass is 10.1. The summed E-state index contributed by atoms with van der Waals surface area (Å²) in [5.74, 6) is 1.14. The molecule has 0 aromatic heterocycles. The van der Waals surface area contributed by atoms with Crippen molar-refractivity contribution in [2.24, 2.45) is 0 Å². The van der Waals surface area contributed by atoms with Gasteiger partial charge in [0, 0.05) is 17.4 Å². The third-order valence-corrected chi connectivity index (χ3v) is 5.01. The van der Waals surface area contributed by atoms with Gasteiger partial charge in [-0.2, -0.15) is 0 Å². The lowest BCUT2D eigenvalue weighted by molar-refractivity contribution is -0.140. The molecule has 0 radical (unpaired) electrons. The van der Waals surface area contributed by atoms with Crippen molar-refractivity contribution in [1.82, 2.24) is 10.2 Å². The molecule has 0 aliphatic carbocycles. The SMILES string of the molecule is CC(C)(C)NC(=O)C1CSCN1C(=O)COc1ccc(Cl)c(Cl)c1. The molecule has 1 N–H and O–H groups in total. The second-order valence-electron chi connectivity index (χ2n) is 6.48. The molecule has 5 nitrogen and oxygen atoms in total. The molecule has 1 aliphatic rings. The quantitative estimate of drug-likeness (QED) is 0.857. The van der Waals surface area contributed by atoms with E-state index in [2.05, 4.69) is 5.32 Å². The van der Waals surface area contributed by atoms with Crippen LogP contribution in [0.5, 0.6) is 5.75 Å². The highest BCUT2D eigenvalue weighted by Crippen LogP contribution is 2.27. The first-order valence-corrected chi connectivity index (χ1v) is 9.35. The number of carbonyl (C=O) groups is 2. The molecule has 1 unspecified atom stereocenters. The molecule has 1 aromatic rings.